The van der Waals surface area contributed by atoms with Gasteiger partial charge in [0, 0.05) is 25.6 Å². The molecule has 1 fully saturated rings. The number of aliphatic hydroxyl groups is 1. The zero-order chi connectivity index (χ0) is 14.4. The van der Waals surface area contributed by atoms with Gasteiger partial charge >= 0.3 is 0 Å². The molecule has 7 heteroatoms. The summed E-state index contributed by atoms with van der Waals surface area (Å²) in [5.74, 6) is 1.33. The average Bonchev–Trinajstić information content (AvgIpc) is 3.01. The number of nitrogen functional groups attached to an aromatic ring is 1. The van der Waals surface area contributed by atoms with Gasteiger partial charge in [0.05, 0.1) is 12.4 Å². The van der Waals surface area contributed by atoms with Crippen molar-refractivity contribution in [2.75, 3.05) is 30.3 Å². The topological polar surface area (TPSA) is 93.1 Å². The van der Waals surface area contributed by atoms with E-state index in [2.05, 4.69) is 32.0 Å². The van der Waals surface area contributed by atoms with Crippen LogP contribution in [0.1, 0.15) is 18.9 Å². The third-order valence-electron chi connectivity index (χ3n) is 4.32. The Morgan fingerprint density at radius 1 is 1.29 bits per heavy atom. The van der Waals surface area contributed by atoms with Crippen LogP contribution in [0, 0.1) is 5.92 Å². The summed E-state index contributed by atoms with van der Waals surface area (Å²) in [5, 5.41) is 9.27. The number of nitrogens with zero attached hydrogens (tertiary/aromatic N) is 5. The second-order valence-electron chi connectivity index (χ2n) is 5.70. The third kappa shape index (κ3) is 1.96. The predicted molar refractivity (Wildman–Crippen MR) is 79.9 cm³/mol. The minimum absolute atomic E-state index is 0.172. The molecule has 2 aromatic rings. The maximum Gasteiger partial charge on any atom is 0.224 e. The molecule has 0 aromatic carbocycles. The number of aromatic nitrogens is 4. The van der Waals surface area contributed by atoms with Gasteiger partial charge in [0.15, 0.2) is 17.0 Å². The number of fused-ring (bicyclic) bond motifs is 1. The zero-order valence-corrected chi connectivity index (χ0v) is 11.7. The lowest BCUT2D eigenvalue weighted by atomic mass is 10.1. The first-order chi connectivity index (χ1) is 10.3. The molecule has 21 heavy (non-hydrogen) atoms. The van der Waals surface area contributed by atoms with Crippen LogP contribution in [0.2, 0.25) is 0 Å². The smallest absolute Gasteiger partial charge is 0.224 e. The van der Waals surface area contributed by atoms with Crippen molar-refractivity contribution >= 4 is 22.9 Å². The molecule has 3 heterocycles. The maximum atomic E-state index is 9.27. The summed E-state index contributed by atoms with van der Waals surface area (Å²) >= 11 is 0. The molecule has 0 radical (unpaired) electrons. The molecule has 2 aromatic heterocycles. The van der Waals surface area contributed by atoms with Crippen molar-refractivity contribution in [3.05, 3.63) is 18.5 Å². The summed E-state index contributed by atoms with van der Waals surface area (Å²) in [5.41, 5.74) is 7.46. The molecular weight excluding hydrogens is 268 g/mol. The van der Waals surface area contributed by atoms with Crippen molar-refractivity contribution in [1.82, 2.24) is 19.5 Å². The average molecular weight is 286 g/mol. The van der Waals surface area contributed by atoms with Gasteiger partial charge in [-0.2, -0.15) is 9.97 Å². The highest BCUT2D eigenvalue weighted by molar-refractivity contribution is 5.85. The van der Waals surface area contributed by atoms with Gasteiger partial charge in [-0.05, 0) is 12.8 Å². The van der Waals surface area contributed by atoms with Crippen LogP contribution in [0.5, 0.6) is 0 Å². The second kappa shape index (κ2) is 4.70. The van der Waals surface area contributed by atoms with E-state index in [4.69, 9.17) is 5.73 Å². The lowest BCUT2D eigenvalue weighted by molar-refractivity contribution is 0.244. The first-order valence-corrected chi connectivity index (χ1v) is 7.30. The van der Waals surface area contributed by atoms with Gasteiger partial charge < -0.3 is 20.3 Å². The van der Waals surface area contributed by atoms with Crippen molar-refractivity contribution in [2.45, 2.75) is 18.9 Å². The molecule has 0 amide bonds. The zero-order valence-electron chi connectivity index (χ0n) is 11.7. The second-order valence-corrected chi connectivity index (χ2v) is 5.70. The fourth-order valence-electron chi connectivity index (χ4n) is 3.00. The van der Waals surface area contributed by atoms with Crippen molar-refractivity contribution in [3.63, 3.8) is 0 Å². The molecule has 3 N–H and O–H groups in total. The lowest BCUT2D eigenvalue weighted by Gasteiger charge is -2.32. The van der Waals surface area contributed by atoms with Crippen molar-refractivity contribution in [2.24, 2.45) is 5.92 Å². The molecule has 110 valence electrons. The van der Waals surface area contributed by atoms with E-state index in [0.717, 1.165) is 36.5 Å². The van der Waals surface area contributed by atoms with Crippen LogP contribution in [0.3, 0.4) is 0 Å². The number of hydrogen-bond acceptors (Lipinski definition) is 6. The quantitative estimate of drug-likeness (QED) is 0.808. The molecule has 4 rings (SSSR count). The summed E-state index contributed by atoms with van der Waals surface area (Å²) in [4.78, 5) is 15.4. The molecule has 1 unspecified atom stereocenters. The van der Waals surface area contributed by atoms with Crippen LogP contribution in [0.15, 0.2) is 18.5 Å². The Bertz CT molecular complexity index is 705. The Morgan fingerprint density at radius 3 is 2.81 bits per heavy atom. The van der Waals surface area contributed by atoms with Gasteiger partial charge in [-0.1, -0.05) is 12.2 Å². The Morgan fingerprint density at radius 2 is 2.14 bits per heavy atom. The molecule has 0 spiro atoms. The highest BCUT2D eigenvalue weighted by Crippen LogP contribution is 2.32. The monoisotopic (exact) mass is 286 g/mol. The molecule has 1 aliphatic carbocycles. The van der Waals surface area contributed by atoms with E-state index in [1.165, 1.54) is 6.42 Å². The van der Waals surface area contributed by atoms with Gasteiger partial charge in [0.2, 0.25) is 5.95 Å². The molecule has 1 saturated heterocycles. The van der Waals surface area contributed by atoms with Crippen molar-refractivity contribution in [3.8, 4) is 0 Å². The summed E-state index contributed by atoms with van der Waals surface area (Å²) < 4.78 is 2.03. The van der Waals surface area contributed by atoms with E-state index in [0.29, 0.717) is 0 Å². The SMILES string of the molecule is Nc1nc(N2CCC2)c2ncn(C3C=C[C@@H](CO)C3)c2n1. The predicted octanol–water partition coefficient (Wildman–Crippen LogP) is 0.728. The maximum absolute atomic E-state index is 9.27. The van der Waals surface area contributed by atoms with Crippen molar-refractivity contribution < 1.29 is 5.11 Å². The van der Waals surface area contributed by atoms with Crippen molar-refractivity contribution in [1.29, 1.82) is 0 Å². The van der Waals surface area contributed by atoms with Crippen LogP contribution in [-0.2, 0) is 0 Å². The summed E-state index contributed by atoms with van der Waals surface area (Å²) in [6, 6.07) is 0.172. The van der Waals surface area contributed by atoms with E-state index >= 15 is 0 Å². The highest BCUT2D eigenvalue weighted by atomic mass is 16.3. The molecule has 1 aliphatic heterocycles. The molecule has 2 aliphatic rings. The molecule has 0 saturated carbocycles. The minimum atomic E-state index is 0.172. The Hall–Kier alpha value is -2.15. The van der Waals surface area contributed by atoms with E-state index in [9.17, 15) is 5.11 Å². The Labute approximate surface area is 122 Å². The van der Waals surface area contributed by atoms with E-state index in [1.807, 2.05) is 4.57 Å². The number of rotatable bonds is 3. The molecule has 2 atom stereocenters. The molecule has 0 bridgehead atoms. The highest BCUT2D eigenvalue weighted by Gasteiger charge is 2.25. The van der Waals surface area contributed by atoms with Crippen LogP contribution >= 0.6 is 0 Å². The van der Waals surface area contributed by atoms with Crippen LogP contribution in [0.4, 0.5) is 11.8 Å². The number of hydrogen-bond donors (Lipinski definition) is 2. The summed E-state index contributed by atoms with van der Waals surface area (Å²) in [6.45, 7) is 2.17. The number of aliphatic hydroxyl groups excluding tert-OH is 1. The van der Waals surface area contributed by atoms with Gasteiger partial charge in [0.1, 0.15) is 0 Å². The van der Waals surface area contributed by atoms with E-state index < -0.39 is 0 Å². The first-order valence-electron chi connectivity index (χ1n) is 7.30. The number of allylic oxidation sites excluding steroid dienone is 1. The fourth-order valence-corrected chi connectivity index (χ4v) is 3.00. The minimum Gasteiger partial charge on any atom is -0.396 e. The first kappa shape index (κ1) is 12.6. The summed E-state index contributed by atoms with van der Waals surface area (Å²) in [7, 11) is 0. The molecular formula is C14H18N6O. The van der Waals surface area contributed by atoms with Gasteiger partial charge in [-0.3, -0.25) is 0 Å². The van der Waals surface area contributed by atoms with Gasteiger partial charge in [-0.15, -0.1) is 0 Å². The fraction of sp³-hybridized carbons (Fsp3) is 0.500. The standard InChI is InChI=1S/C14H18N6O/c15-14-17-12(19-4-1-5-19)11-13(18-14)20(8-16-11)10-3-2-9(6-10)7-21/h2-3,8-10,21H,1,4-7H2,(H2,15,17,18)/t9-,10?/m1/s1. The van der Waals surface area contributed by atoms with Crippen LogP contribution in [0.25, 0.3) is 11.2 Å². The van der Waals surface area contributed by atoms with E-state index in [1.54, 1.807) is 6.33 Å². The molecule has 7 nitrogen and oxygen atoms in total. The van der Waals surface area contributed by atoms with Crippen LogP contribution < -0.4 is 10.6 Å². The van der Waals surface area contributed by atoms with Gasteiger partial charge in [-0.25, -0.2) is 4.98 Å². The largest absolute Gasteiger partial charge is 0.396 e. The Balaban J connectivity index is 1.77. The number of anilines is 2. The van der Waals surface area contributed by atoms with Gasteiger partial charge in [0.25, 0.3) is 0 Å². The number of imidazole rings is 1. The van der Waals surface area contributed by atoms with Crippen LogP contribution in [-0.4, -0.2) is 44.3 Å². The third-order valence-corrected chi connectivity index (χ3v) is 4.32. The number of nitrogens with two attached hydrogens (primary N) is 1. The van der Waals surface area contributed by atoms with E-state index in [-0.39, 0.29) is 24.5 Å². The normalized spacial score (nSPS) is 24.7. The lowest BCUT2D eigenvalue weighted by Crippen LogP contribution is -2.38. The Kier molecular flexibility index (Phi) is 2.81. The summed E-state index contributed by atoms with van der Waals surface area (Å²) in [6.07, 6.45) is 8.00.